The van der Waals surface area contributed by atoms with Gasteiger partial charge in [-0.15, -0.1) is 0 Å². The van der Waals surface area contributed by atoms with E-state index in [0.29, 0.717) is 53.1 Å². The predicted molar refractivity (Wildman–Crippen MR) is 156 cm³/mol. The van der Waals surface area contributed by atoms with Gasteiger partial charge in [-0.05, 0) is 36.4 Å². The Morgan fingerprint density at radius 1 is 0.692 bits per heavy atom. The number of halogens is 1. The highest BCUT2D eigenvalue weighted by Gasteiger charge is 2.10. The lowest BCUT2D eigenvalue weighted by Gasteiger charge is -2.13. The quantitative estimate of drug-likeness (QED) is 0.146. The van der Waals surface area contributed by atoms with Crippen LogP contribution in [-0.4, -0.2) is 47.2 Å². The van der Waals surface area contributed by atoms with Crippen molar-refractivity contribution in [3.8, 4) is 11.5 Å². The molecule has 0 aliphatic carbocycles. The van der Waals surface area contributed by atoms with Crippen LogP contribution in [-0.2, 0) is 0 Å². The van der Waals surface area contributed by atoms with Crippen molar-refractivity contribution in [2.75, 3.05) is 48.6 Å². The minimum atomic E-state index is 0.353. The fraction of sp³-hybridized carbons (Fsp3) is 0.143. The summed E-state index contributed by atoms with van der Waals surface area (Å²) >= 11 is 6.11. The van der Waals surface area contributed by atoms with Gasteiger partial charge in [0.1, 0.15) is 11.5 Å². The number of aromatic nitrogens is 4. The van der Waals surface area contributed by atoms with Crippen LogP contribution >= 0.6 is 11.6 Å². The molecule has 0 saturated carbocycles. The molecule has 2 heterocycles. The summed E-state index contributed by atoms with van der Waals surface area (Å²) in [6, 6.07) is 22.8. The van der Waals surface area contributed by atoms with Crippen molar-refractivity contribution in [1.29, 1.82) is 0 Å². The SMILES string of the molecule is COc1cc(Nc2nc(NCCNc3ccnc4cc(Cl)ccc34)nc(Nc3ccccc3)n2)cc(OC)c1. The van der Waals surface area contributed by atoms with Gasteiger partial charge in [0.15, 0.2) is 0 Å². The van der Waals surface area contributed by atoms with E-state index in [1.807, 2.05) is 66.7 Å². The molecule has 0 saturated heterocycles. The Labute approximate surface area is 230 Å². The molecule has 0 amide bonds. The molecule has 0 spiro atoms. The number of rotatable bonds is 11. The largest absolute Gasteiger partial charge is 0.497 e. The molecule has 0 radical (unpaired) electrons. The second kappa shape index (κ2) is 12.1. The fourth-order valence-corrected chi connectivity index (χ4v) is 4.04. The van der Waals surface area contributed by atoms with Crippen molar-refractivity contribution in [1.82, 2.24) is 19.9 Å². The van der Waals surface area contributed by atoms with E-state index in [1.165, 1.54) is 0 Å². The van der Waals surface area contributed by atoms with Crippen LogP contribution in [0.15, 0.2) is 79.0 Å². The molecule has 39 heavy (non-hydrogen) atoms. The van der Waals surface area contributed by atoms with Crippen molar-refractivity contribution >= 4 is 57.4 Å². The zero-order valence-corrected chi connectivity index (χ0v) is 22.2. The van der Waals surface area contributed by atoms with E-state index < -0.39 is 0 Å². The Morgan fingerprint density at radius 2 is 1.36 bits per heavy atom. The van der Waals surface area contributed by atoms with Gasteiger partial charge in [0, 0.05) is 65.0 Å². The maximum Gasteiger partial charge on any atom is 0.233 e. The number of hydrogen-bond acceptors (Lipinski definition) is 10. The lowest BCUT2D eigenvalue weighted by Crippen LogP contribution is -2.16. The van der Waals surface area contributed by atoms with Gasteiger partial charge in [-0.25, -0.2) is 0 Å². The number of pyridine rings is 1. The predicted octanol–water partition coefficient (Wildman–Crippen LogP) is 6.10. The van der Waals surface area contributed by atoms with E-state index >= 15 is 0 Å². The minimum absolute atomic E-state index is 0.353. The first-order chi connectivity index (χ1) is 19.1. The first kappa shape index (κ1) is 25.8. The van der Waals surface area contributed by atoms with Crippen molar-refractivity contribution < 1.29 is 9.47 Å². The fourth-order valence-electron chi connectivity index (χ4n) is 3.87. The smallest absolute Gasteiger partial charge is 0.233 e. The average molecular weight is 543 g/mol. The van der Waals surface area contributed by atoms with Crippen LogP contribution in [0.5, 0.6) is 11.5 Å². The molecule has 0 fully saturated rings. The third-order valence-electron chi connectivity index (χ3n) is 5.70. The molecular formula is C28H27ClN8O2. The highest BCUT2D eigenvalue weighted by atomic mass is 35.5. The Kier molecular flexibility index (Phi) is 8.03. The van der Waals surface area contributed by atoms with E-state index in [-0.39, 0.29) is 0 Å². The number of para-hydroxylation sites is 1. The van der Waals surface area contributed by atoms with Crippen LogP contribution in [0.4, 0.5) is 34.9 Å². The van der Waals surface area contributed by atoms with Crippen LogP contribution in [0.3, 0.4) is 0 Å². The number of benzene rings is 3. The topological polar surface area (TPSA) is 118 Å². The van der Waals surface area contributed by atoms with Crippen molar-refractivity contribution in [2.45, 2.75) is 0 Å². The van der Waals surface area contributed by atoms with Crippen LogP contribution in [0, 0.1) is 0 Å². The Bertz CT molecular complexity index is 1550. The van der Waals surface area contributed by atoms with Crippen LogP contribution < -0.4 is 30.7 Å². The molecule has 0 atom stereocenters. The zero-order chi connectivity index (χ0) is 27.0. The molecule has 0 unspecified atom stereocenters. The molecule has 0 bridgehead atoms. The molecule has 11 heteroatoms. The molecule has 0 aliphatic heterocycles. The summed E-state index contributed by atoms with van der Waals surface area (Å²) in [5.74, 6) is 2.44. The van der Waals surface area contributed by atoms with Crippen molar-refractivity contribution in [3.63, 3.8) is 0 Å². The third kappa shape index (κ3) is 6.74. The summed E-state index contributed by atoms with van der Waals surface area (Å²) < 4.78 is 10.8. The highest BCUT2D eigenvalue weighted by molar-refractivity contribution is 6.31. The van der Waals surface area contributed by atoms with Crippen molar-refractivity contribution in [2.24, 2.45) is 0 Å². The van der Waals surface area contributed by atoms with Gasteiger partial charge in [0.25, 0.3) is 0 Å². The first-order valence-electron chi connectivity index (χ1n) is 12.2. The normalized spacial score (nSPS) is 10.6. The van der Waals surface area contributed by atoms with Crippen LogP contribution in [0.1, 0.15) is 0 Å². The Morgan fingerprint density at radius 3 is 2.08 bits per heavy atom. The van der Waals surface area contributed by atoms with Gasteiger partial charge in [-0.1, -0.05) is 29.8 Å². The lowest BCUT2D eigenvalue weighted by atomic mass is 10.2. The molecule has 5 aromatic rings. The summed E-state index contributed by atoms with van der Waals surface area (Å²) in [5, 5.41) is 14.8. The summed E-state index contributed by atoms with van der Waals surface area (Å²) in [7, 11) is 3.20. The highest BCUT2D eigenvalue weighted by Crippen LogP contribution is 2.28. The number of nitrogens with zero attached hydrogens (tertiary/aromatic N) is 4. The molecule has 2 aromatic heterocycles. The number of hydrogen-bond donors (Lipinski definition) is 4. The molecule has 3 aromatic carbocycles. The van der Waals surface area contributed by atoms with Gasteiger partial charge in [0.05, 0.1) is 19.7 Å². The molecule has 5 rings (SSSR count). The van der Waals surface area contributed by atoms with E-state index in [2.05, 4.69) is 41.2 Å². The zero-order valence-electron chi connectivity index (χ0n) is 21.4. The summed E-state index contributed by atoms with van der Waals surface area (Å²) in [6.07, 6.45) is 1.76. The molecule has 10 nitrogen and oxygen atoms in total. The maximum atomic E-state index is 6.11. The number of ether oxygens (including phenoxy) is 2. The van der Waals surface area contributed by atoms with E-state index in [1.54, 1.807) is 26.5 Å². The van der Waals surface area contributed by atoms with Gasteiger partial charge in [0.2, 0.25) is 17.8 Å². The lowest BCUT2D eigenvalue weighted by molar-refractivity contribution is 0.395. The molecule has 198 valence electrons. The Balaban J connectivity index is 1.33. The van der Waals surface area contributed by atoms with Gasteiger partial charge in [-0.3, -0.25) is 4.98 Å². The number of methoxy groups -OCH3 is 2. The standard InChI is InChI=1S/C28H27ClN8O2/c1-38-21-15-20(16-22(17-21)39-2)34-28-36-26(35-27(37-28)33-19-6-4-3-5-7-19)32-13-12-31-24-10-11-30-25-14-18(29)8-9-23(24)25/h3-11,14-17H,12-13H2,1-2H3,(H,30,31)(H3,32,33,34,35,36,37). The van der Waals surface area contributed by atoms with Gasteiger partial charge in [-0.2, -0.15) is 15.0 Å². The molecule has 4 N–H and O–H groups in total. The number of nitrogens with one attached hydrogen (secondary N) is 4. The van der Waals surface area contributed by atoms with E-state index in [9.17, 15) is 0 Å². The third-order valence-corrected chi connectivity index (χ3v) is 5.94. The van der Waals surface area contributed by atoms with E-state index in [0.717, 1.165) is 22.3 Å². The first-order valence-corrected chi connectivity index (χ1v) is 12.6. The second-order valence-corrected chi connectivity index (χ2v) is 8.83. The summed E-state index contributed by atoms with van der Waals surface area (Å²) in [6.45, 7) is 1.17. The van der Waals surface area contributed by atoms with E-state index in [4.69, 9.17) is 21.1 Å². The number of fused-ring (bicyclic) bond motifs is 1. The summed E-state index contributed by atoms with van der Waals surface area (Å²) in [4.78, 5) is 18.1. The van der Waals surface area contributed by atoms with Gasteiger partial charge >= 0.3 is 0 Å². The second-order valence-electron chi connectivity index (χ2n) is 8.40. The van der Waals surface area contributed by atoms with Gasteiger partial charge < -0.3 is 30.7 Å². The molecular weight excluding hydrogens is 516 g/mol. The van der Waals surface area contributed by atoms with Crippen LogP contribution in [0.2, 0.25) is 5.02 Å². The molecule has 0 aliphatic rings. The maximum absolute atomic E-state index is 6.11. The minimum Gasteiger partial charge on any atom is -0.497 e. The Hall–Kier alpha value is -4.83. The van der Waals surface area contributed by atoms with Crippen LogP contribution in [0.25, 0.3) is 10.9 Å². The van der Waals surface area contributed by atoms with Crippen molar-refractivity contribution in [3.05, 3.63) is 84.0 Å². The summed E-state index contributed by atoms with van der Waals surface area (Å²) in [5.41, 5.74) is 3.37. The number of anilines is 6. The average Bonchev–Trinajstić information content (AvgIpc) is 2.95. The monoisotopic (exact) mass is 542 g/mol.